The minimum Gasteiger partial charge on any atom is -0.355 e. The Morgan fingerprint density at radius 2 is 2.00 bits per heavy atom. The standard InChI is InChI=1S/C13H23N3O2S2.HI/c1-13(2,3)20(17,18)8-6-15-12(14-4)16-9-11-5-7-19-10-11;/h5,7,10H,6,8-9H2,1-4H3,(H2,14,15,16);1H. The number of thiophene rings is 1. The fraction of sp³-hybridized carbons (Fsp3) is 0.615. The van der Waals surface area contributed by atoms with E-state index in [1.807, 2.05) is 11.4 Å². The molecule has 0 aromatic carbocycles. The summed E-state index contributed by atoms with van der Waals surface area (Å²) in [7, 11) is -1.44. The fourth-order valence-electron chi connectivity index (χ4n) is 1.41. The van der Waals surface area contributed by atoms with Gasteiger partial charge in [0.25, 0.3) is 0 Å². The molecule has 0 aliphatic heterocycles. The fourth-order valence-corrected chi connectivity index (χ4v) is 3.06. The van der Waals surface area contributed by atoms with Crippen LogP contribution in [0, 0.1) is 0 Å². The molecule has 5 nitrogen and oxygen atoms in total. The minimum absolute atomic E-state index is 0. The van der Waals surface area contributed by atoms with E-state index in [4.69, 9.17) is 0 Å². The maximum atomic E-state index is 12.0. The highest BCUT2D eigenvalue weighted by atomic mass is 127. The predicted octanol–water partition coefficient (Wildman–Crippen LogP) is 2.24. The lowest BCUT2D eigenvalue weighted by atomic mass is 10.3. The molecule has 0 saturated heterocycles. The molecule has 0 radical (unpaired) electrons. The van der Waals surface area contributed by atoms with Gasteiger partial charge in [0.15, 0.2) is 15.8 Å². The van der Waals surface area contributed by atoms with Crippen LogP contribution in [0.4, 0.5) is 0 Å². The first-order valence-corrected chi connectivity index (χ1v) is 9.03. The van der Waals surface area contributed by atoms with Gasteiger partial charge in [-0.25, -0.2) is 8.42 Å². The van der Waals surface area contributed by atoms with E-state index >= 15 is 0 Å². The lowest BCUT2D eigenvalue weighted by molar-refractivity contribution is 0.559. The van der Waals surface area contributed by atoms with Gasteiger partial charge in [-0.1, -0.05) is 0 Å². The van der Waals surface area contributed by atoms with E-state index < -0.39 is 14.6 Å². The van der Waals surface area contributed by atoms with Crippen LogP contribution < -0.4 is 10.6 Å². The zero-order valence-electron chi connectivity index (χ0n) is 12.8. The lowest BCUT2D eigenvalue weighted by Crippen LogP contribution is -2.41. The first-order valence-electron chi connectivity index (χ1n) is 6.44. The summed E-state index contributed by atoms with van der Waals surface area (Å²) in [4.78, 5) is 4.07. The van der Waals surface area contributed by atoms with Crippen molar-refractivity contribution in [2.24, 2.45) is 4.99 Å². The number of aliphatic imine (C=N–C) groups is 1. The van der Waals surface area contributed by atoms with E-state index in [1.165, 1.54) is 5.56 Å². The quantitative estimate of drug-likeness (QED) is 0.415. The van der Waals surface area contributed by atoms with Gasteiger partial charge in [-0.15, -0.1) is 24.0 Å². The molecule has 0 atom stereocenters. The molecule has 1 aromatic heterocycles. The molecule has 0 amide bonds. The van der Waals surface area contributed by atoms with Gasteiger partial charge in [0, 0.05) is 20.1 Å². The highest BCUT2D eigenvalue weighted by Crippen LogP contribution is 2.15. The maximum absolute atomic E-state index is 12.0. The molecule has 0 fully saturated rings. The second-order valence-electron chi connectivity index (χ2n) is 5.42. The maximum Gasteiger partial charge on any atom is 0.191 e. The SMILES string of the molecule is CN=C(NCCS(=O)(=O)C(C)(C)C)NCc1ccsc1.I. The highest BCUT2D eigenvalue weighted by molar-refractivity contribution is 14.0. The highest BCUT2D eigenvalue weighted by Gasteiger charge is 2.28. The number of halogens is 1. The third-order valence-electron chi connectivity index (χ3n) is 2.86. The number of sulfone groups is 1. The summed E-state index contributed by atoms with van der Waals surface area (Å²) >= 11 is 1.64. The summed E-state index contributed by atoms with van der Waals surface area (Å²) in [5.74, 6) is 0.704. The molecule has 1 rings (SSSR count). The molecule has 0 unspecified atom stereocenters. The molecule has 21 heavy (non-hydrogen) atoms. The van der Waals surface area contributed by atoms with Crippen LogP contribution in [0.2, 0.25) is 0 Å². The topological polar surface area (TPSA) is 70.6 Å². The van der Waals surface area contributed by atoms with Crippen LogP contribution in [0.5, 0.6) is 0 Å². The average molecular weight is 445 g/mol. The van der Waals surface area contributed by atoms with Gasteiger partial charge in [0.05, 0.1) is 10.5 Å². The van der Waals surface area contributed by atoms with Crippen LogP contribution in [0.25, 0.3) is 0 Å². The zero-order chi connectivity index (χ0) is 15.2. The van der Waals surface area contributed by atoms with Gasteiger partial charge in [0.1, 0.15) is 0 Å². The molecule has 0 aliphatic carbocycles. The summed E-state index contributed by atoms with van der Waals surface area (Å²) in [5, 5.41) is 10.2. The molecular weight excluding hydrogens is 421 g/mol. The van der Waals surface area contributed by atoms with Crippen LogP contribution in [-0.2, 0) is 16.4 Å². The zero-order valence-corrected chi connectivity index (χ0v) is 16.8. The van der Waals surface area contributed by atoms with Gasteiger partial charge in [-0.3, -0.25) is 4.99 Å². The van der Waals surface area contributed by atoms with Gasteiger partial charge in [0.2, 0.25) is 0 Å². The molecule has 1 aromatic rings. The van der Waals surface area contributed by atoms with Gasteiger partial charge in [-0.05, 0) is 43.2 Å². The van der Waals surface area contributed by atoms with Gasteiger partial charge >= 0.3 is 0 Å². The van der Waals surface area contributed by atoms with Crippen LogP contribution in [0.1, 0.15) is 26.3 Å². The van der Waals surface area contributed by atoms with Crippen molar-refractivity contribution in [1.29, 1.82) is 0 Å². The first kappa shape index (κ1) is 20.6. The van der Waals surface area contributed by atoms with Crippen molar-refractivity contribution in [3.8, 4) is 0 Å². The average Bonchev–Trinajstić information content (AvgIpc) is 2.85. The van der Waals surface area contributed by atoms with E-state index in [2.05, 4.69) is 21.0 Å². The van der Waals surface area contributed by atoms with Crippen molar-refractivity contribution in [1.82, 2.24) is 10.6 Å². The second kappa shape index (κ2) is 8.94. The Bertz CT molecular complexity index is 534. The Labute approximate surface area is 148 Å². The summed E-state index contributed by atoms with van der Waals surface area (Å²) < 4.78 is 23.2. The molecule has 0 aliphatic rings. The number of nitrogens with zero attached hydrogens (tertiary/aromatic N) is 1. The molecule has 0 saturated carbocycles. The van der Waals surface area contributed by atoms with Gasteiger partial charge < -0.3 is 10.6 Å². The Kier molecular flexibility index (Phi) is 8.79. The summed E-state index contributed by atoms with van der Waals surface area (Å²) in [6.07, 6.45) is 0. The third-order valence-corrected chi connectivity index (χ3v) is 6.20. The Morgan fingerprint density at radius 3 is 2.48 bits per heavy atom. The lowest BCUT2D eigenvalue weighted by Gasteiger charge is -2.19. The van der Waals surface area contributed by atoms with Crippen molar-refractivity contribution in [3.63, 3.8) is 0 Å². The van der Waals surface area contributed by atoms with E-state index in [-0.39, 0.29) is 29.7 Å². The molecule has 122 valence electrons. The van der Waals surface area contributed by atoms with Crippen LogP contribution in [0.15, 0.2) is 21.8 Å². The third kappa shape index (κ3) is 6.96. The summed E-state index contributed by atoms with van der Waals surface area (Å²) in [6, 6.07) is 2.04. The van der Waals surface area contributed by atoms with Crippen molar-refractivity contribution in [2.45, 2.75) is 32.1 Å². The normalized spacial score (nSPS) is 12.7. The molecule has 2 N–H and O–H groups in total. The largest absolute Gasteiger partial charge is 0.355 e. The summed E-state index contributed by atoms with van der Waals surface area (Å²) in [6.45, 7) is 6.17. The molecule has 1 heterocycles. The van der Waals surface area contributed by atoms with Crippen molar-refractivity contribution >= 4 is 51.1 Å². The number of rotatable bonds is 5. The minimum atomic E-state index is -3.10. The van der Waals surface area contributed by atoms with Crippen molar-refractivity contribution in [3.05, 3.63) is 22.4 Å². The molecule has 8 heteroatoms. The van der Waals surface area contributed by atoms with E-state index in [0.29, 0.717) is 19.0 Å². The first-order chi connectivity index (χ1) is 9.26. The van der Waals surface area contributed by atoms with Crippen LogP contribution in [0.3, 0.4) is 0 Å². The number of guanidine groups is 1. The van der Waals surface area contributed by atoms with E-state index in [0.717, 1.165) is 0 Å². The molecular formula is C13H24IN3O2S2. The number of hydrogen-bond acceptors (Lipinski definition) is 4. The Hall–Kier alpha value is -0.350. The van der Waals surface area contributed by atoms with E-state index in [9.17, 15) is 8.42 Å². The number of hydrogen-bond donors (Lipinski definition) is 2. The van der Waals surface area contributed by atoms with Gasteiger partial charge in [-0.2, -0.15) is 11.3 Å². The van der Waals surface area contributed by atoms with Crippen molar-refractivity contribution in [2.75, 3.05) is 19.3 Å². The molecule has 0 bridgehead atoms. The van der Waals surface area contributed by atoms with Crippen molar-refractivity contribution < 1.29 is 8.42 Å². The smallest absolute Gasteiger partial charge is 0.191 e. The van der Waals surface area contributed by atoms with E-state index in [1.54, 1.807) is 39.2 Å². The Morgan fingerprint density at radius 1 is 1.33 bits per heavy atom. The van der Waals surface area contributed by atoms with Crippen LogP contribution >= 0.6 is 35.3 Å². The molecule has 0 spiro atoms. The predicted molar refractivity (Wildman–Crippen MR) is 101 cm³/mol. The second-order valence-corrected chi connectivity index (χ2v) is 9.06. The number of nitrogens with one attached hydrogen (secondary N) is 2. The monoisotopic (exact) mass is 445 g/mol. The van der Waals surface area contributed by atoms with Crippen LogP contribution in [-0.4, -0.2) is 38.5 Å². The summed E-state index contributed by atoms with van der Waals surface area (Å²) in [5.41, 5.74) is 1.18. The Balaban J connectivity index is 0.00000400.